The van der Waals surface area contributed by atoms with Gasteiger partial charge in [-0.15, -0.1) is 0 Å². The summed E-state index contributed by atoms with van der Waals surface area (Å²) >= 11 is 0. The maximum atomic E-state index is 13.3. The third kappa shape index (κ3) is 3.43. The van der Waals surface area contributed by atoms with E-state index in [1.165, 1.54) is 12.1 Å². The van der Waals surface area contributed by atoms with E-state index < -0.39 is 0 Å². The maximum Gasteiger partial charge on any atom is 0.129 e. The van der Waals surface area contributed by atoms with Gasteiger partial charge in [0.2, 0.25) is 0 Å². The molecule has 102 valence electrons. The lowest BCUT2D eigenvalue weighted by Crippen LogP contribution is -2.21. The third-order valence-electron chi connectivity index (χ3n) is 2.84. The molecule has 0 spiro atoms. The van der Waals surface area contributed by atoms with E-state index >= 15 is 0 Å². The van der Waals surface area contributed by atoms with E-state index in [2.05, 4.69) is 5.32 Å². The highest BCUT2D eigenvalue weighted by atomic mass is 19.1. The molecule has 0 fully saturated rings. The van der Waals surface area contributed by atoms with Gasteiger partial charge >= 0.3 is 0 Å². The minimum atomic E-state index is -0.246. The SMILES string of the molecule is CCNC(c1cccc(F)c1)c1ccc(COC)o1. The van der Waals surface area contributed by atoms with Gasteiger partial charge in [0, 0.05) is 7.11 Å². The predicted octanol–water partition coefficient (Wildman–Crippen LogP) is 3.26. The van der Waals surface area contributed by atoms with Crippen LogP contribution in [0.25, 0.3) is 0 Å². The van der Waals surface area contributed by atoms with Crippen LogP contribution in [-0.4, -0.2) is 13.7 Å². The van der Waals surface area contributed by atoms with Crippen LogP contribution in [0.1, 0.15) is 30.0 Å². The normalized spacial score (nSPS) is 12.6. The Morgan fingerprint density at radius 1 is 1.32 bits per heavy atom. The Morgan fingerprint density at radius 3 is 2.84 bits per heavy atom. The zero-order chi connectivity index (χ0) is 13.7. The van der Waals surface area contributed by atoms with Crippen LogP contribution in [-0.2, 0) is 11.3 Å². The second-order valence-corrected chi connectivity index (χ2v) is 4.28. The molecule has 19 heavy (non-hydrogen) atoms. The largest absolute Gasteiger partial charge is 0.462 e. The first-order chi connectivity index (χ1) is 9.24. The van der Waals surface area contributed by atoms with Crippen molar-refractivity contribution in [1.29, 1.82) is 0 Å². The second-order valence-electron chi connectivity index (χ2n) is 4.28. The number of ether oxygens (including phenoxy) is 1. The molecule has 0 bridgehead atoms. The zero-order valence-corrected chi connectivity index (χ0v) is 11.2. The monoisotopic (exact) mass is 263 g/mol. The molecule has 0 aliphatic rings. The van der Waals surface area contributed by atoms with Crippen LogP contribution < -0.4 is 5.32 Å². The summed E-state index contributed by atoms with van der Waals surface area (Å²) in [6.45, 7) is 3.20. The number of rotatable bonds is 6. The predicted molar refractivity (Wildman–Crippen MR) is 71.3 cm³/mol. The molecule has 1 aromatic heterocycles. The number of hydrogen-bond donors (Lipinski definition) is 1. The van der Waals surface area contributed by atoms with E-state index in [0.717, 1.165) is 23.6 Å². The molecular formula is C15H18FNO2. The summed E-state index contributed by atoms with van der Waals surface area (Å²) in [5.41, 5.74) is 0.847. The number of furan rings is 1. The number of benzene rings is 1. The van der Waals surface area contributed by atoms with E-state index in [9.17, 15) is 4.39 Å². The van der Waals surface area contributed by atoms with Crippen molar-refractivity contribution in [2.75, 3.05) is 13.7 Å². The molecule has 1 unspecified atom stereocenters. The van der Waals surface area contributed by atoms with Gasteiger partial charge in [0.25, 0.3) is 0 Å². The van der Waals surface area contributed by atoms with Crippen molar-refractivity contribution in [1.82, 2.24) is 5.32 Å². The fraction of sp³-hybridized carbons (Fsp3) is 0.333. The van der Waals surface area contributed by atoms with Crippen LogP contribution in [0.4, 0.5) is 4.39 Å². The summed E-state index contributed by atoms with van der Waals surface area (Å²) in [5, 5.41) is 3.30. The molecular weight excluding hydrogens is 245 g/mol. The molecule has 0 aliphatic heterocycles. The summed E-state index contributed by atoms with van der Waals surface area (Å²) < 4.78 is 24.1. The zero-order valence-electron chi connectivity index (χ0n) is 11.2. The Bertz CT molecular complexity index is 524. The number of nitrogens with one attached hydrogen (secondary N) is 1. The van der Waals surface area contributed by atoms with Gasteiger partial charge in [0.05, 0.1) is 6.04 Å². The van der Waals surface area contributed by atoms with Gasteiger partial charge in [-0.3, -0.25) is 0 Å². The molecule has 1 N–H and O–H groups in total. The van der Waals surface area contributed by atoms with Gasteiger partial charge in [0.15, 0.2) is 0 Å². The van der Waals surface area contributed by atoms with E-state index in [-0.39, 0.29) is 11.9 Å². The van der Waals surface area contributed by atoms with Crippen molar-refractivity contribution >= 4 is 0 Å². The minimum Gasteiger partial charge on any atom is -0.462 e. The fourth-order valence-corrected chi connectivity index (χ4v) is 2.04. The van der Waals surface area contributed by atoms with E-state index in [4.69, 9.17) is 9.15 Å². The molecule has 0 amide bonds. The Kier molecular flexibility index (Phi) is 4.71. The summed E-state index contributed by atoms with van der Waals surface area (Å²) in [4.78, 5) is 0. The molecule has 3 nitrogen and oxygen atoms in total. The summed E-state index contributed by atoms with van der Waals surface area (Å²) in [5.74, 6) is 1.28. The molecule has 1 heterocycles. The van der Waals surface area contributed by atoms with E-state index in [1.807, 2.05) is 25.1 Å². The molecule has 1 aromatic carbocycles. The van der Waals surface area contributed by atoms with Gasteiger partial charge in [-0.1, -0.05) is 19.1 Å². The van der Waals surface area contributed by atoms with Crippen LogP contribution >= 0.6 is 0 Å². The lowest BCUT2D eigenvalue weighted by atomic mass is 10.0. The number of halogens is 1. The standard InChI is InChI=1S/C15H18FNO2/c1-3-17-15(11-5-4-6-12(16)9-11)14-8-7-13(19-14)10-18-2/h4-9,15,17H,3,10H2,1-2H3. The molecule has 4 heteroatoms. The Balaban J connectivity index is 2.28. The smallest absolute Gasteiger partial charge is 0.129 e. The van der Waals surface area contributed by atoms with Crippen molar-refractivity contribution in [3.05, 3.63) is 59.3 Å². The lowest BCUT2D eigenvalue weighted by molar-refractivity contribution is 0.162. The quantitative estimate of drug-likeness (QED) is 0.868. The summed E-state index contributed by atoms with van der Waals surface area (Å²) in [6.07, 6.45) is 0. The Morgan fingerprint density at radius 2 is 2.16 bits per heavy atom. The first kappa shape index (κ1) is 13.8. The van der Waals surface area contributed by atoms with Crippen LogP contribution in [0.5, 0.6) is 0 Å². The topological polar surface area (TPSA) is 34.4 Å². The first-order valence-electron chi connectivity index (χ1n) is 6.31. The van der Waals surface area contributed by atoms with Crippen molar-refractivity contribution in [2.24, 2.45) is 0 Å². The van der Waals surface area contributed by atoms with Gasteiger partial charge in [0.1, 0.15) is 23.9 Å². The lowest BCUT2D eigenvalue weighted by Gasteiger charge is -2.16. The number of methoxy groups -OCH3 is 1. The molecule has 2 aromatic rings. The van der Waals surface area contributed by atoms with Crippen molar-refractivity contribution in [3.63, 3.8) is 0 Å². The molecule has 0 aliphatic carbocycles. The highest BCUT2D eigenvalue weighted by Crippen LogP contribution is 2.24. The first-order valence-corrected chi connectivity index (χ1v) is 6.31. The molecule has 0 saturated carbocycles. The summed E-state index contributed by atoms with van der Waals surface area (Å²) in [7, 11) is 1.62. The summed E-state index contributed by atoms with van der Waals surface area (Å²) in [6, 6.07) is 10.2. The van der Waals surface area contributed by atoms with Crippen molar-refractivity contribution < 1.29 is 13.5 Å². The average Bonchev–Trinajstić information content (AvgIpc) is 2.85. The number of hydrogen-bond acceptors (Lipinski definition) is 3. The van der Waals surface area contributed by atoms with E-state index in [1.54, 1.807) is 13.2 Å². The fourth-order valence-electron chi connectivity index (χ4n) is 2.04. The minimum absolute atomic E-state index is 0.147. The Hall–Kier alpha value is -1.65. The second kappa shape index (κ2) is 6.50. The van der Waals surface area contributed by atoms with Gasteiger partial charge in [-0.25, -0.2) is 4.39 Å². The van der Waals surface area contributed by atoms with E-state index in [0.29, 0.717) is 6.61 Å². The highest BCUT2D eigenvalue weighted by molar-refractivity contribution is 5.27. The van der Waals surface area contributed by atoms with Gasteiger partial charge in [-0.05, 0) is 36.4 Å². The van der Waals surface area contributed by atoms with Crippen LogP contribution in [0.2, 0.25) is 0 Å². The highest BCUT2D eigenvalue weighted by Gasteiger charge is 2.17. The van der Waals surface area contributed by atoms with Crippen LogP contribution in [0.3, 0.4) is 0 Å². The maximum absolute atomic E-state index is 13.3. The average molecular weight is 263 g/mol. The van der Waals surface area contributed by atoms with Crippen LogP contribution in [0, 0.1) is 5.82 Å². The molecule has 2 rings (SSSR count). The third-order valence-corrected chi connectivity index (χ3v) is 2.84. The van der Waals surface area contributed by atoms with Crippen molar-refractivity contribution in [3.8, 4) is 0 Å². The molecule has 0 radical (unpaired) electrons. The van der Waals surface area contributed by atoms with Gasteiger partial charge in [-0.2, -0.15) is 0 Å². The van der Waals surface area contributed by atoms with Crippen LogP contribution in [0.15, 0.2) is 40.8 Å². The Labute approximate surface area is 112 Å². The van der Waals surface area contributed by atoms with Gasteiger partial charge < -0.3 is 14.5 Å². The molecule has 0 saturated heterocycles. The van der Waals surface area contributed by atoms with Crippen molar-refractivity contribution in [2.45, 2.75) is 19.6 Å². The molecule has 1 atom stereocenters.